The molecule has 11 heteroatoms. The summed E-state index contributed by atoms with van der Waals surface area (Å²) >= 11 is 1.79. The first-order valence-corrected chi connectivity index (χ1v) is 16.5. The molecular weight excluding hydrogens is 747 g/mol. The van der Waals surface area contributed by atoms with E-state index >= 15 is 0 Å². The van der Waals surface area contributed by atoms with Crippen LogP contribution in [0.15, 0.2) is 126 Å². The molecule has 0 saturated heterocycles. The van der Waals surface area contributed by atoms with Crippen LogP contribution in [0.3, 0.4) is 0 Å². The minimum Gasteiger partial charge on any atom is -0.480 e. The van der Waals surface area contributed by atoms with Crippen molar-refractivity contribution in [1.29, 1.82) is 0 Å². The third-order valence-electron chi connectivity index (χ3n) is 7.93. The lowest BCUT2D eigenvalue weighted by Crippen LogP contribution is -2.35. The molecule has 0 saturated carbocycles. The lowest BCUT2D eigenvalue weighted by molar-refractivity contribution is -0.137. The molecule has 6 rings (SSSR count). The van der Waals surface area contributed by atoms with Gasteiger partial charge in [0.25, 0.3) is 11.8 Å². The van der Waals surface area contributed by atoms with Crippen molar-refractivity contribution in [3.05, 3.63) is 144 Å². The van der Waals surface area contributed by atoms with Gasteiger partial charge in [0.1, 0.15) is 12.3 Å². The number of hydrogen-bond donors (Lipinski definition) is 2. The molecule has 0 aliphatic heterocycles. The fourth-order valence-electron chi connectivity index (χ4n) is 5.28. The van der Waals surface area contributed by atoms with Gasteiger partial charge in [-0.05, 0) is 77.7 Å². The van der Waals surface area contributed by atoms with E-state index in [-0.39, 0.29) is 18.9 Å². The molecule has 5 aromatic carbocycles. The van der Waals surface area contributed by atoms with E-state index in [1.165, 1.54) is 10.5 Å². The molecule has 0 spiro atoms. The van der Waals surface area contributed by atoms with Crippen molar-refractivity contribution < 1.29 is 27.1 Å². The number of amides is 2. The molecule has 2 N–H and O–H groups in total. The van der Waals surface area contributed by atoms with Crippen LogP contribution in [-0.2, 0) is 22.6 Å². The van der Waals surface area contributed by atoms with Gasteiger partial charge >= 0.3 is 5.97 Å². The summed E-state index contributed by atoms with van der Waals surface area (Å²) in [5.41, 5.74) is 7.27. The van der Waals surface area contributed by atoms with Crippen molar-refractivity contribution in [2.75, 3.05) is 11.9 Å². The van der Waals surface area contributed by atoms with Crippen LogP contribution in [0.1, 0.15) is 27.0 Å². The Morgan fingerprint density at radius 3 is 1.96 bits per heavy atom. The normalized spacial score (nSPS) is 10.8. The standard InChI is InChI=1S/C39H31IN4O6/c1-25-2-8-28(9-3-25)29-12-14-31(15-13-29)38-42-37(43-50-38)30-10-4-27(5-11-30)23-44(24-36(46)47)39(48)32-16-18-33(19-17-32)41-35(45)22-26-6-20-34(49-40)21-7-26/h2-21H,22-24H2,1H3,(H,41,45)(H,46,47). The maximum Gasteiger partial charge on any atom is 0.323 e. The number of carboxylic acids is 1. The Hall–Kier alpha value is -5.82. The van der Waals surface area contributed by atoms with Crippen LogP contribution >= 0.6 is 23.0 Å². The monoisotopic (exact) mass is 778 g/mol. The van der Waals surface area contributed by atoms with Gasteiger partial charge in [-0.2, -0.15) is 4.98 Å². The number of carboxylic acid groups (broad SMARTS) is 1. The van der Waals surface area contributed by atoms with E-state index in [9.17, 15) is 19.5 Å². The highest BCUT2D eigenvalue weighted by Gasteiger charge is 2.20. The predicted octanol–water partition coefficient (Wildman–Crippen LogP) is 8.02. The molecule has 0 fully saturated rings. The number of anilines is 1. The summed E-state index contributed by atoms with van der Waals surface area (Å²) in [7, 11) is 0. The number of nitrogens with zero attached hydrogens (tertiary/aromatic N) is 3. The minimum atomic E-state index is -1.14. The maximum atomic E-state index is 13.4. The summed E-state index contributed by atoms with van der Waals surface area (Å²) in [4.78, 5) is 43.4. The Bertz CT molecular complexity index is 2100. The number of aliphatic carboxylic acids is 1. The number of nitrogens with one attached hydrogen (secondary N) is 1. The molecule has 250 valence electrons. The van der Waals surface area contributed by atoms with Gasteiger partial charge in [0.2, 0.25) is 11.7 Å². The first-order valence-electron chi connectivity index (χ1n) is 15.6. The SMILES string of the molecule is Cc1ccc(-c2ccc(-c3nc(-c4ccc(CN(CC(=O)O)C(=O)c5ccc(NC(=O)Cc6ccc(OI)cc6)cc5)cc4)no3)cc2)cc1. The van der Waals surface area contributed by atoms with Crippen LogP contribution in [0.2, 0.25) is 0 Å². The fraction of sp³-hybridized carbons (Fsp3) is 0.103. The lowest BCUT2D eigenvalue weighted by atomic mass is 10.0. The molecule has 0 bridgehead atoms. The van der Waals surface area contributed by atoms with Crippen molar-refractivity contribution in [3.8, 4) is 39.7 Å². The molecule has 50 heavy (non-hydrogen) atoms. The Morgan fingerprint density at radius 1 is 0.760 bits per heavy atom. The maximum absolute atomic E-state index is 13.4. The second-order valence-corrected chi connectivity index (χ2v) is 12.1. The van der Waals surface area contributed by atoms with Crippen LogP contribution in [0, 0.1) is 6.92 Å². The van der Waals surface area contributed by atoms with Crippen LogP contribution in [0.5, 0.6) is 5.75 Å². The number of hydrogen-bond acceptors (Lipinski definition) is 7. The molecule has 2 amide bonds. The van der Waals surface area contributed by atoms with Crippen molar-refractivity contribution in [3.63, 3.8) is 0 Å². The molecule has 10 nitrogen and oxygen atoms in total. The number of carbonyl (C=O) groups excluding carboxylic acids is 2. The van der Waals surface area contributed by atoms with Gasteiger partial charge in [-0.3, -0.25) is 14.4 Å². The van der Waals surface area contributed by atoms with E-state index in [4.69, 9.17) is 7.59 Å². The van der Waals surface area contributed by atoms with Gasteiger partial charge in [0, 0.05) is 28.9 Å². The number of rotatable bonds is 12. The number of aryl methyl sites for hydroxylation is 1. The highest BCUT2D eigenvalue weighted by Crippen LogP contribution is 2.27. The fourth-order valence-corrected chi connectivity index (χ4v) is 5.57. The second-order valence-electron chi connectivity index (χ2n) is 11.6. The largest absolute Gasteiger partial charge is 0.480 e. The van der Waals surface area contributed by atoms with E-state index in [0.29, 0.717) is 34.3 Å². The summed E-state index contributed by atoms with van der Waals surface area (Å²) in [5.74, 6) is -0.318. The summed E-state index contributed by atoms with van der Waals surface area (Å²) in [6, 6.07) is 37.0. The second kappa shape index (κ2) is 15.6. The quantitative estimate of drug-likeness (QED) is 0.119. The van der Waals surface area contributed by atoms with Crippen molar-refractivity contribution in [2.45, 2.75) is 19.9 Å². The lowest BCUT2D eigenvalue weighted by Gasteiger charge is -2.21. The summed E-state index contributed by atoms with van der Waals surface area (Å²) in [5, 5.41) is 16.5. The Kier molecular flexibility index (Phi) is 10.6. The van der Waals surface area contributed by atoms with Crippen molar-refractivity contribution >= 4 is 46.5 Å². The molecule has 0 aliphatic rings. The average molecular weight is 779 g/mol. The van der Waals surface area contributed by atoms with E-state index in [2.05, 4.69) is 46.6 Å². The van der Waals surface area contributed by atoms with Gasteiger partial charge < -0.3 is 22.9 Å². The number of halogens is 1. The minimum absolute atomic E-state index is 0.0656. The molecule has 0 aliphatic carbocycles. The first kappa shape index (κ1) is 34.1. The van der Waals surface area contributed by atoms with Gasteiger partial charge in [0.05, 0.1) is 6.42 Å². The number of aromatic nitrogens is 2. The predicted molar refractivity (Wildman–Crippen MR) is 198 cm³/mol. The average Bonchev–Trinajstić information content (AvgIpc) is 3.63. The first-order chi connectivity index (χ1) is 24.2. The Labute approximate surface area is 302 Å². The topological polar surface area (TPSA) is 135 Å². The van der Waals surface area contributed by atoms with Crippen LogP contribution < -0.4 is 8.38 Å². The van der Waals surface area contributed by atoms with Crippen LogP contribution in [-0.4, -0.2) is 44.5 Å². The zero-order chi connectivity index (χ0) is 35.0. The highest BCUT2D eigenvalue weighted by atomic mass is 127. The number of carbonyl (C=O) groups is 3. The van der Waals surface area contributed by atoms with Crippen LogP contribution in [0.4, 0.5) is 5.69 Å². The van der Waals surface area contributed by atoms with Crippen molar-refractivity contribution in [1.82, 2.24) is 15.0 Å². The summed E-state index contributed by atoms with van der Waals surface area (Å²) in [6.07, 6.45) is 0.171. The zero-order valence-electron chi connectivity index (χ0n) is 26.9. The van der Waals surface area contributed by atoms with E-state index in [1.807, 2.05) is 36.4 Å². The third-order valence-corrected chi connectivity index (χ3v) is 8.44. The van der Waals surface area contributed by atoms with Gasteiger partial charge in [-0.15, -0.1) is 0 Å². The smallest absolute Gasteiger partial charge is 0.323 e. The van der Waals surface area contributed by atoms with E-state index < -0.39 is 18.4 Å². The summed E-state index contributed by atoms with van der Waals surface area (Å²) in [6.45, 7) is 1.63. The van der Waals surface area contributed by atoms with E-state index in [1.54, 1.807) is 83.7 Å². The molecular formula is C39H31IN4O6. The molecule has 1 heterocycles. The third kappa shape index (κ3) is 8.60. The van der Waals surface area contributed by atoms with Crippen molar-refractivity contribution in [2.24, 2.45) is 0 Å². The van der Waals surface area contributed by atoms with Crippen LogP contribution in [0.25, 0.3) is 34.0 Å². The molecule has 1 aromatic heterocycles. The van der Waals surface area contributed by atoms with Gasteiger partial charge in [-0.25, -0.2) is 0 Å². The Morgan fingerprint density at radius 2 is 1.34 bits per heavy atom. The van der Waals surface area contributed by atoms with Gasteiger partial charge in [-0.1, -0.05) is 83.5 Å². The molecule has 6 aromatic rings. The number of benzene rings is 5. The Balaban J connectivity index is 1.08. The molecule has 0 radical (unpaired) electrons. The molecule has 0 atom stereocenters. The summed E-state index contributed by atoms with van der Waals surface area (Å²) < 4.78 is 10.7. The molecule has 0 unspecified atom stereocenters. The van der Waals surface area contributed by atoms with E-state index in [0.717, 1.165) is 27.8 Å². The van der Waals surface area contributed by atoms with Gasteiger partial charge in [0.15, 0.2) is 23.0 Å². The highest BCUT2D eigenvalue weighted by molar-refractivity contribution is 14.1. The zero-order valence-corrected chi connectivity index (χ0v) is 29.0.